The standard InChI is InChI=1S/C19H24N6O2/c1-15-3-2-4-20-17(15)23-5-7-24(8-6-23)18(26)16-13-21-19(22-14-16)25-9-11-27-12-10-25/h2-4,13-14H,5-12H2,1H3. The van der Waals surface area contributed by atoms with Gasteiger partial charge in [-0.1, -0.05) is 6.07 Å². The van der Waals surface area contributed by atoms with Gasteiger partial charge in [0.15, 0.2) is 0 Å². The summed E-state index contributed by atoms with van der Waals surface area (Å²) >= 11 is 0. The number of aryl methyl sites for hydroxylation is 1. The van der Waals surface area contributed by atoms with Crippen LogP contribution < -0.4 is 9.80 Å². The third kappa shape index (κ3) is 3.85. The molecule has 2 aromatic rings. The first kappa shape index (κ1) is 17.7. The maximum absolute atomic E-state index is 12.8. The number of carbonyl (C=O) groups excluding carboxylic acids is 1. The predicted octanol–water partition coefficient (Wildman–Crippen LogP) is 0.979. The number of ether oxygens (including phenoxy) is 1. The molecule has 0 bridgehead atoms. The van der Waals surface area contributed by atoms with Gasteiger partial charge in [0.05, 0.1) is 18.8 Å². The second-order valence-corrected chi connectivity index (χ2v) is 6.79. The van der Waals surface area contributed by atoms with E-state index in [-0.39, 0.29) is 5.91 Å². The molecule has 27 heavy (non-hydrogen) atoms. The van der Waals surface area contributed by atoms with E-state index in [0.29, 0.717) is 37.8 Å². The fraction of sp³-hybridized carbons (Fsp3) is 0.474. The summed E-state index contributed by atoms with van der Waals surface area (Å²) in [7, 11) is 0. The van der Waals surface area contributed by atoms with E-state index in [4.69, 9.17) is 4.74 Å². The predicted molar refractivity (Wildman–Crippen MR) is 102 cm³/mol. The smallest absolute Gasteiger partial charge is 0.257 e. The van der Waals surface area contributed by atoms with Crippen molar-refractivity contribution in [2.24, 2.45) is 0 Å². The van der Waals surface area contributed by atoms with Gasteiger partial charge >= 0.3 is 0 Å². The molecule has 0 N–H and O–H groups in total. The lowest BCUT2D eigenvalue weighted by atomic mass is 10.2. The van der Waals surface area contributed by atoms with E-state index >= 15 is 0 Å². The summed E-state index contributed by atoms with van der Waals surface area (Å²) in [5.74, 6) is 1.65. The van der Waals surface area contributed by atoms with E-state index < -0.39 is 0 Å². The molecule has 0 aromatic carbocycles. The summed E-state index contributed by atoms with van der Waals surface area (Å²) in [5.41, 5.74) is 1.69. The van der Waals surface area contributed by atoms with Crippen LogP contribution in [-0.2, 0) is 4.74 Å². The minimum atomic E-state index is -0.0130. The molecule has 0 aliphatic carbocycles. The van der Waals surface area contributed by atoms with Crippen molar-refractivity contribution in [3.8, 4) is 0 Å². The largest absolute Gasteiger partial charge is 0.378 e. The minimum absolute atomic E-state index is 0.0130. The highest BCUT2D eigenvalue weighted by molar-refractivity contribution is 5.93. The first-order valence-electron chi connectivity index (χ1n) is 9.33. The normalized spacial score (nSPS) is 17.9. The summed E-state index contributed by atoms with van der Waals surface area (Å²) in [6, 6.07) is 4.01. The van der Waals surface area contributed by atoms with Gasteiger partial charge in [-0.15, -0.1) is 0 Å². The zero-order valence-corrected chi connectivity index (χ0v) is 15.5. The number of aromatic nitrogens is 3. The van der Waals surface area contributed by atoms with Gasteiger partial charge in [0.2, 0.25) is 5.95 Å². The van der Waals surface area contributed by atoms with Gasteiger partial charge in [-0.25, -0.2) is 15.0 Å². The highest BCUT2D eigenvalue weighted by Gasteiger charge is 2.24. The zero-order chi connectivity index (χ0) is 18.6. The number of morpholine rings is 1. The maximum Gasteiger partial charge on any atom is 0.257 e. The van der Waals surface area contributed by atoms with E-state index in [1.54, 1.807) is 12.4 Å². The third-order valence-corrected chi connectivity index (χ3v) is 5.03. The Morgan fingerprint density at radius 3 is 2.33 bits per heavy atom. The van der Waals surface area contributed by atoms with Crippen LogP contribution in [0.4, 0.5) is 11.8 Å². The van der Waals surface area contributed by atoms with Crippen molar-refractivity contribution >= 4 is 17.7 Å². The lowest BCUT2D eigenvalue weighted by Gasteiger charge is -2.36. The Hall–Kier alpha value is -2.74. The van der Waals surface area contributed by atoms with Crippen molar-refractivity contribution in [2.45, 2.75) is 6.92 Å². The van der Waals surface area contributed by atoms with Crippen LogP contribution in [0.25, 0.3) is 0 Å². The average Bonchev–Trinajstić information content (AvgIpc) is 2.74. The second kappa shape index (κ2) is 7.87. The van der Waals surface area contributed by atoms with Gasteiger partial charge in [-0.2, -0.15) is 0 Å². The Kier molecular flexibility index (Phi) is 5.15. The van der Waals surface area contributed by atoms with E-state index in [0.717, 1.165) is 37.6 Å². The molecule has 2 aliphatic rings. The van der Waals surface area contributed by atoms with Crippen LogP contribution in [0.3, 0.4) is 0 Å². The first-order valence-corrected chi connectivity index (χ1v) is 9.33. The van der Waals surface area contributed by atoms with Crippen molar-refractivity contribution in [3.05, 3.63) is 41.9 Å². The van der Waals surface area contributed by atoms with Crippen molar-refractivity contribution in [1.82, 2.24) is 19.9 Å². The van der Waals surface area contributed by atoms with E-state index in [9.17, 15) is 4.79 Å². The monoisotopic (exact) mass is 368 g/mol. The number of anilines is 2. The minimum Gasteiger partial charge on any atom is -0.378 e. The molecule has 4 rings (SSSR count). The molecule has 2 fully saturated rings. The van der Waals surface area contributed by atoms with Gasteiger partial charge < -0.3 is 19.4 Å². The van der Waals surface area contributed by atoms with Crippen LogP contribution in [0.1, 0.15) is 15.9 Å². The number of carbonyl (C=O) groups is 1. The molecular weight excluding hydrogens is 344 g/mol. The molecule has 0 radical (unpaired) electrons. The van der Waals surface area contributed by atoms with Gasteiger partial charge in [0.25, 0.3) is 5.91 Å². The number of nitrogens with zero attached hydrogens (tertiary/aromatic N) is 6. The van der Waals surface area contributed by atoms with Gasteiger partial charge in [0, 0.05) is 57.9 Å². The molecular formula is C19H24N6O2. The molecule has 0 spiro atoms. The van der Waals surface area contributed by atoms with Gasteiger partial charge in [-0.3, -0.25) is 4.79 Å². The fourth-order valence-corrected chi connectivity index (χ4v) is 3.47. The van der Waals surface area contributed by atoms with Crippen molar-refractivity contribution < 1.29 is 9.53 Å². The Morgan fingerprint density at radius 1 is 0.963 bits per heavy atom. The molecule has 0 saturated carbocycles. The van der Waals surface area contributed by atoms with Gasteiger partial charge in [0.1, 0.15) is 5.82 Å². The first-order chi connectivity index (χ1) is 13.2. The lowest BCUT2D eigenvalue weighted by Crippen LogP contribution is -2.49. The van der Waals surface area contributed by atoms with Crippen LogP contribution in [0.2, 0.25) is 0 Å². The number of hydrogen-bond donors (Lipinski definition) is 0. The van der Waals surface area contributed by atoms with Crippen LogP contribution in [-0.4, -0.2) is 78.2 Å². The van der Waals surface area contributed by atoms with Crippen LogP contribution in [0, 0.1) is 6.92 Å². The zero-order valence-electron chi connectivity index (χ0n) is 15.5. The summed E-state index contributed by atoms with van der Waals surface area (Å²) in [5, 5.41) is 0. The molecule has 8 heteroatoms. The van der Waals surface area contributed by atoms with Crippen molar-refractivity contribution in [3.63, 3.8) is 0 Å². The Balaban J connectivity index is 1.37. The van der Waals surface area contributed by atoms with E-state index in [1.807, 2.05) is 17.2 Å². The summed E-state index contributed by atoms with van der Waals surface area (Å²) in [6.07, 6.45) is 5.08. The Labute approximate surface area is 158 Å². The number of pyridine rings is 1. The molecule has 2 aliphatic heterocycles. The second-order valence-electron chi connectivity index (χ2n) is 6.79. The molecule has 142 valence electrons. The summed E-state index contributed by atoms with van der Waals surface area (Å²) in [6.45, 7) is 7.87. The average molecular weight is 368 g/mol. The molecule has 0 unspecified atom stereocenters. The van der Waals surface area contributed by atoms with Crippen molar-refractivity contribution in [2.75, 3.05) is 62.3 Å². The highest BCUT2D eigenvalue weighted by atomic mass is 16.5. The van der Waals surface area contributed by atoms with Crippen LogP contribution in [0.15, 0.2) is 30.7 Å². The number of amides is 1. The molecule has 0 atom stereocenters. The lowest BCUT2D eigenvalue weighted by molar-refractivity contribution is 0.0745. The molecule has 2 saturated heterocycles. The maximum atomic E-state index is 12.8. The fourth-order valence-electron chi connectivity index (χ4n) is 3.47. The summed E-state index contributed by atoms with van der Waals surface area (Å²) < 4.78 is 5.34. The summed E-state index contributed by atoms with van der Waals surface area (Å²) in [4.78, 5) is 32.2. The quantitative estimate of drug-likeness (QED) is 0.799. The van der Waals surface area contributed by atoms with Crippen LogP contribution >= 0.6 is 0 Å². The topological polar surface area (TPSA) is 74.7 Å². The van der Waals surface area contributed by atoms with Gasteiger partial charge in [-0.05, 0) is 18.6 Å². The van der Waals surface area contributed by atoms with E-state index in [1.165, 1.54) is 0 Å². The Bertz CT molecular complexity index is 783. The van der Waals surface area contributed by atoms with Crippen LogP contribution in [0.5, 0.6) is 0 Å². The SMILES string of the molecule is Cc1cccnc1N1CCN(C(=O)c2cnc(N3CCOCC3)nc2)CC1. The molecule has 4 heterocycles. The number of rotatable bonds is 3. The Morgan fingerprint density at radius 2 is 1.67 bits per heavy atom. The highest BCUT2D eigenvalue weighted by Crippen LogP contribution is 2.19. The molecule has 2 aromatic heterocycles. The van der Waals surface area contributed by atoms with E-state index in [2.05, 4.69) is 37.7 Å². The molecule has 8 nitrogen and oxygen atoms in total. The number of hydrogen-bond acceptors (Lipinski definition) is 7. The molecule has 1 amide bonds. The number of piperazine rings is 1. The van der Waals surface area contributed by atoms with Crippen molar-refractivity contribution in [1.29, 1.82) is 0 Å². The third-order valence-electron chi connectivity index (χ3n) is 5.03.